The van der Waals surface area contributed by atoms with Crippen LogP contribution in [-0.2, 0) is 19.9 Å². The van der Waals surface area contributed by atoms with Crippen molar-refractivity contribution in [2.45, 2.75) is 9.79 Å². The first kappa shape index (κ1) is 16.4. The predicted molar refractivity (Wildman–Crippen MR) is 76.7 cm³/mol. The molecule has 2 aromatic rings. The van der Waals surface area contributed by atoms with Crippen molar-refractivity contribution in [3.8, 4) is 0 Å². The van der Waals surface area contributed by atoms with Gasteiger partial charge in [-0.2, -0.15) is 0 Å². The molecule has 0 radical (unpaired) electrons. The van der Waals surface area contributed by atoms with Crippen LogP contribution in [0.2, 0.25) is 0 Å². The van der Waals surface area contributed by atoms with Gasteiger partial charge >= 0.3 is 0 Å². The van der Waals surface area contributed by atoms with Gasteiger partial charge in [-0.15, -0.1) is 0 Å². The maximum Gasteiger partial charge on any atom is 0.262 e. The molecule has 0 saturated carbocycles. The Morgan fingerprint density at radius 3 is 2.14 bits per heavy atom. The average Bonchev–Trinajstić information content (AvgIpc) is 2.41. The lowest BCUT2D eigenvalue weighted by Crippen LogP contribution is -2.14. The van der Waals surface area contributed by atoms with Crippen molar-refractivity contribution in [1.82, 2.24) is 0 Å². The monoisotopic (exact) mass is 347 g/mol. The molecule has 9 heteroatoms. The molecule has 0 heterocycles. The van der Waals surface area contributed by atoms with E-state index >= 15 is 0 Å². The molecule has 0 unspecified atom stereocenters. The van der Waals surface area contributed by atoms with Crippen molar-refractivity contribution in [3.05, 3.63) is 54.1 Å². The van der Waals surface area contributed by atoms with Crippen LogP contribution in [0.15, 0.2) is 52.3 Å². The van der Waals surface area contributed by atoms with Crippen LogP contribution >= 0.6 is 0 Å². The van der Waals surface area contributed by atoms with E-state index in [1.54, 1.807) is 0 Å². The van der Waals surface area contributed by atoms with E-state index < -0.39 is 37.2 Å². The number of nitrogens with one attached hydrogen (secondary N) is 1. The van der Waals surface area contributed by atoms with Crippen molar-refractivity contribution in [1.29, 1.82) is 0 Å². The Morgan fingerprint density at radius 2 is 1.55 bits per heavy atom. The number of sulfone groups is 1. The first-order valence-corrected chi connectivity index (χ1v) is 9.25. The predicted octanol–water partition coefficient (Wildman–Crippen LogP) is 2.17. The molecule has 0 aliphatic carbocycles. The Morgan fingerprint density at radius 1 is 0.909 bits per heavy atom. The zero-order valence-electron chi connectivity index (χ0n) is 11.2. The normalized spacial score (nSPS) is 12.1. The number of hydrogen-bond acceptors (Lipinski definition) is 4. The minimum atomic E-state index is -4.21. The summed E-state index contributed by atoms with van der Waals surface area (Å²) in [6.45, 7) is 0. The number of rotatable bonds is 4. The van der Waals surface area contributed by atoms with Gasteiger partial charge < -0.3 is 0 Å². The topological polar surface area (TPSA) is 80.3 Å². The first-order valence-electron chi connectivity index (χ1n) is 5.87. The molecule has 22 heavy (non-hydrogen) atoms. The van der Waals surface area contributed by atoms with Gasteiger partial charge in [-0.1, -0.05) is 6.07 Å². The first-order chi connectivity index (χ1) is 10.1. The standard InChI is InChI=1S/C13H11F2NO4S2/c1-21(17,18)10-3-2-4-11(8-10)22(19,20)16-13-6-5-9(14)7-12(13)15/h2-8,16H,1H3. The maximum atomic E-state index is 13.5. The summed E-state index contributed by atoms with van der Waals surface area (Å²) >= 11 is 0. The van der Waals surface area contributed by atoms with Crippen molar-refractivity contribution in [2.75, 3.05) is 11.0 Å². The third kappa shape index (κ3) is 3.60. The molecule has 118 valence electrons. The molecule has 0 amide bonds. The van der Waals surface area contributed by atoms with Gasteiger partial charge in [-0.25, -0.2) is 25.6 Å². The molecular weight excluding hydrogens is 336 g/mol. The van der Waals surface area contributed by atoms with Gasteiger partial charge in [0.25, 0.3) is 10.0 Å². The van der Waals surface area contributed by atoms with Gasteiger partial charge in [0.05, 0.1) is 15.5 Å². The SMILES string of the molecule is CS(=O)(=O)c1cccc(S(=O)(=O)Nc2ccc(F)cc2F)c1. The number of halogens is 2. The zero-order chi connectivity index (χ0) is 16.5. The highest BCUT2D eigenvalue weighted by Crippen LogP contribution is 2.21. The summed E-state index contributed by atoms with van der Waals surface area (Å²) in [5.41, 5.74) is -0.439. The second-order valence-corrected chi connectivity index (χ2v) is 8.17. The smallest absolute Gasteiger partial charge is 0.262 e. The Kier molecular flexibility index (Phi) is 4.21. The molecule has 2 rings (SSSR count). The summed E-state index contributed by atoms with van der Waals surface area (Å²) in [6, 6.07) is 6.98. The molecule has 0 saturated heterocycles. The quantitative estimate of drug-likeness (QED) is 0.919. The van der Waals surface area contributed by atoms with Crippen LogP contribution in [0.3, 0.4) is 0 Å². The molecule has 0 atom stereocenters. The van der Waals surface area contributed by atoms with Crippen molar-refractivity contribution in [2.24, 2.45) is 0 Å². The molecular formula is C13H11F2NO4S2. The van der Waals surface area contributed by atoms with Gasteiger partial charge in [0.15, 0.2) is 9.84 Å². The molecule has 0 aromatic heterocycles. The molecule has 2 aromatic carbocycles. The van der Waals surface area contributed by atoms with E-state index in [0.717, 1.165) is 24.5 Å². The molecule has 0 spiro atoms. The van der Waals surface area contributed by atoms with E-state index in [2.05, 4.69) is 0 Å². The van der Waals surface area contributed by atoms with Crippen molar-refractivity contribution >= 4 is 25.5 Å². The minimum Gasteiger partial charge on any atom is -0.277 e. The Bertz CT molecular complexity index is 925. The Balaban J connectivity index is 2.43. The molecule has 0 aliphatic heterocycles. The summed E-state index contributed by atoms with van der Waals surface area (Å²) in [7, 11) is -7.80. The van der Waals surface area contributed by atoms with E-state index in [1.807, 2.05) is 4.72 Å². The van der Waals surface area contributed by atoms with Crippen LogP contribution in [0.1, 0.15) is 0 Å². The Labute approximate surface area is 126 Å². The highest BCUT2D eigenvalue weighted by molar-refractivity contribution is 7.93. The lowest BCUT2D eigenvalue weighted by molar-refractivity contribution is 0.582. The van der Waals surface area contributed by atoms with Crippen LogP contribution in [-0.4, -0.2) is 23.1 Å². The fourth-order valence-electron chi connectivity index (χ4n) is 1.65. The summed E-state index contributed by atoms with van der Waals surface area (Å²) in [5, 5.41) is 0. The van der Waals surface area contributed by atoms with Crippen molar-refractivity contribution in [3.63, 3.8) is 0 Å². The summed E-state index contributed by atoms with van der Waals surface area (Å²) in [5.74, 6) is -1.93. The summed E-state index contributed by atoms with van der Waals surface area (Å²) in [4.78, 5) is -0.533. The largest absolute Gasteiger partial charge is 0.277 e. The molecule has 0 bridgehead atoms. The van der Waals surface area contributed by atoms with Gasteiger partial charge in [0.2, 0.25) is 0 Å². The van der Waals surface area contributed by atoms with Crippen molar-refractivity contribution < 1.29 is 25.6 Å². The van der Waals surface area contributed by atoms with Crippen LogP contribution in [0, 0.1) is 11.6 Å². The van der Waals surface area contributed by atoms with Gasteiger partial charge in [0.1, 0.15) is 11.6 Å². The molecule has 0 aliphatic rings. The third-order valence-corrected chi connectivity index (χ3v) is 5.19. The summed E-state index contributed by atoms with van der Waals surface area (Å²) in [6.07, 6.45) is 0.936. The zero-order valence-corrected chi connectivity index (χ0v) is 12.9. The number of hydrogen-bond donors (Lipinski definition) is 1. The van der Waals surface area contributed by atoms with Crippen LogP contribution < -0.4 is 4.72 Å². The highest BCUT2D eigenvalue weighted by Gasteiger charge is 2.19. The van der Waals surface area contributed by atoms with Crippen LogP contribution in [0.25, 0.3) is 0 Å². The van der Waals surface area contributed by atoms with Gasteiger partial charge in [-0.05, 0) is 30.3 Å². The lowest BCUT2D eigenvalue weighted by Gasteiger charge is -2.10. The van der Waals surface area contributed by atoms with E-state index in [1.165, 1.54) is 18.2 Å². The second-order valence-electron chi connectivity index (χ2n) is 4.48. The Hall–Kier alpha value is -2.00. The third-order valence-electron chi connectivity index (χ3n) is 2.72. The lowest BCUT2D eigenvalue weighted by atomic mass is 10.3. The fraction of sp³-hybridized carbons (Fsp3) is 0.0769. The average molecular weight is 347 g/mol. The van der Waals surface area contributed by atoms with E-state index in [9.17, 15) is 25.6 Å². The summed E-state index contributed by atoms with van der Waals surface area (Å²) < 4.78 is 75.4. The molecule has 1 N–H and O–H groups in total. The van der Waals surface area contributed by atoms with E-state index in [-0.39, 0.29) is 9.79 Å². The number of benzene rings is 2. The maximum absolute atomic E-state index is 13.5. The van der Waals surface area contributed by atoms with Crippen LogP contribution in [0.5, 0.6) is 0 Å². The fourth-order valence-corrected chi connectivity index (χ4v) is 3.50. The minimum absolute atomic E-state index is 0.185. The van der Waals surface area contributed by atoms with E-state index in [4.69, 9.17) is 0 Å². The van der Waals surface area contributed by atoms with E-state index in [0.29, 0.717) is 6.07 Å². The number of sulfonamides is 1. The molecule has 0 fully saturated rings. The highest BCUT2D eigenvalue weighted by atomic mass is 32.2. The molecule has 5 nitrogen and oxygen atoms in total. The van der Waals surface area contributed by atoms with Gasteiger partial charge in [0, 0.05) is 12.3 Å². The van der Waals surface area contributed by atoms with Crippen LogP contribution in [0.4, 0.5) is 14.5 Å². The van der Waals surface area contributed by atoms with Gasteiger partial charge in [-0.3, -0.25) is 4.72 Å². The second kappa shape index (κ2) is 5.65. The number of anilines is 1.